The average Bonchev–Trinajstić information content (AvgIpc) is 3.06. The third-order valence-electron chi connectivity index (χ3n) is 5.00. The molecule has 0 N–H and O–H groups in total. The molecular weight excluding hydrogens is 435 g/mol. The van der Waals surface area contributed by atoms with Gasteiger partial charge in [-0.05, 0) is 53.2 Å². The van der Waals surface area contributed by atoms with Gasteiger partial charge >= 0.3 is 0 Å². The molecule has 32 heavy (non-hydrogen) atoms. The van der Waals surface area contributed by atoms with Gasteiger partial charge in [-0.3, -0.25) is 19.3 Å². The van der Waals surface area contributed by atoms with E-state index in [9.17, 15) is 18.8 Å². The molecule has 2 aliphatic rings. The fraction of sp³-hybridized carbons (Fsp3) is 0.261. The fourth-order valence-electron chi connectivity index (χ4n) is 3.29. The van der Waals surface area contributed by atoms with Crippen LogP contribution in [0.15, 0.2) is 53.4 Å². The number of hydrogen-bond acceptors (Lipinski definition) is 6. The molecular formula is C23H21FN2O5S. The van der Waals surface area contributed by atoms with Crippen molar-refractivity contribution in [1.82, 2.24) is 9.80 Å². The Labute approximate surface area is 188 Å². The highest BCUT2D eigenvalue weighted by Gasteiger charge is 2.37. The lowest BCUT2D eigenvalue weighted by Gasteiger charge is -2.28. The molecule has 2 saturated heterocycles. The molecule has 2 fully saturated rings. The first-order chi connectivity index (χ1) is 15.5. The minimum absolute atomic E-state index is 0.229. The van der Waals surface area contributed by atoms with E-state index in [1.165, 1.54) is 12.1 Å². The van der Waals surface area contributed by atoms with Crippen molar-refractivity contribution in [2.45, 2.75) is 6.61 Å². The van der Waals surface area contributed by atoms with Gasteiger partial charge in [-0.25, -0.2) is 4.39 Å². The van der Waals surface area contributed by atoms with Gasteiger partial charge in [0, 0.05) is 13.1 Å². The monoisotopic (exact) mass is 456 g/mol. The van der Waals surface area contributed by atoms with Gasteiger partial charge in [0.15, 0.2) is 0 Å². The van der Waals surface area contributed by atoms with Gasteiger partial charge in [0.25, 0.3) is 11.1 Å². The number of carbonyl (C=O) groups excluding carboxylic acids is 3. The molecule has 2 heterocycles. The van der Waals surface area contributed by atoms with Crippen molar-refractivity contribution in [3.05, 3.63) is 70.4 Å². The van der Waals surface area contributed by atoms with Gasteiger partial charge in [0.05, 0.1) is 18.1 Å². The molecule has 9 heteroatoms. The predicted molar refractivity (Wildman–Crippen MR) is 117 cm³/mol. The molecule has 2 aliphatic heterocycles. The Morgan fingerprint density at radius 3 is 2.59 bits per heavy atom. The zero-order chi connectivity index (χ0) is 22.5. The SMILES string of the molecule is O=C(CN1C(=O)S/C(=C/c2ccc(OCc3cccc(F)c3)cc2)C1=O)N1CCOCC1. The summed E-state index contributed by atoms with van der Waals surface area (Å²) in [6.45, 7) is 1.78. The van der Waals surface area contributed by atoms with Crippen molar-refractivity contribution in [1.29, 1.82) is 0 Å². The Bertz CT molecular complexity index is 1050. The Morgan fingerprint density at radius 2 is 1.88 bits per heavy atom. The highest BCUT2D eigenvalue weighted by Crippen LogP contribution is 2.32. The number of rotatable bonds is 6. The van der Waals surface area contributed by atoms with Crippen molar-refractivity contribution in [3.8, 4) is 5.75 Å². The number of nitrogens with zero attached hydrogens (tertiary/aromatic N) is 2. The maximum Gasteiger partial charge on any atom is 0.294 e. The second-order valence-electron chi connectivity index (χ2n) is 7.25. The van der Waals surface area contributed by atoms with Crippen LogP contribution < -0.4 is 4.74 Å². The largest absolute Gasteiger partial charge is 0.489 e. The number of hydrogen-bond donors (Lipinski definition) is 0. The zero-order valence-electron chi connectivity index (χ0n) is 17.2. The molecule has 0 radical (unpaired) electrons. The molecule has 7 nitrogen and oxygen atoms in total. The van der Waals surface area contributed by atoms with E-state index in [1.54, 1.807) is 47.4 Å². The van der Waals surface area contributed by atoms with Crippen LogP contribution in [0, 0.1) is 5.82 Å². The van der Waals surface area contributed by atoms with Gasteiger partial charge in [0.1, 0.15) is 24.7 Å². The van der Waals surface area contributed by atoms with Gasteiger partial charge in [-0.15, -0.1) is 0 Å². The molecule has 0 aliphatic carbocycles. The Kier molecular flexibility index (Phi) is 6.87. The third kappa shape index (κ3) is 5.35. The van der Waals surface area contributed by atoms with E-state index in [-0.39, 0.29) is 29.8 Å². The molecule has 4 rings (SSSR count). The lowest BCUT2D eigenvalue weighted by Crippen LogP contribution is -2.46. The standard InChI is InChI=1S/C23H21FN2O5S/c24-18-3-1-2-17(12-18)15-31-19-6-4-16(5-7-19)13-20-22(28)26(23(29)32-20)14-21(27)25-8-10-30-11-9-25/h1-7,12-13H,8-11,14-15H2/b20-13+. The normalized spacial score (nSPS) is 17.8. The zero-order valence-corrected chi connectivity index (χ0v) is 18.0. The summed E-state index contributed by atoms with van der Waals surface area (Å²) in [6, 6.07) is 13.2. The Balaban J connectivity index is 1.36. The van der Waals surface area contributed by atoms with E-state index < -0.39 is 11.1 Å². The summed E-state index contributed by atoms with van der Waals surface area (Å²) in [5.41, 5.74) is 1.43. The molecule has 3 amide bonds. The lowest BCUT2D eigenvalue weighted by atomic mass is 10.2. The first kappa shape index (κ1) is 22.0. The van der Waals surface area contributed by atoms with Crippen molar-refractivity contribution < 1.29 is 28.2 Å². The van der Waals surface area contributed by atoms with Crippen LogP contribution in [-0.4, -0.2) is 59.7 Å². The Morgan fingerprint density at radius 1 is 1.12 bits per heavy atom. The van der Waals surface area contributed by atoms with E-state index in [4.69, 9.17) is 9.47 Å². The van der Waals surface area contributed by atoms with Gasteiger partial charge < -0.3 is 14.4 Å². The van der Waals surface area contributed by atoms with Gasteiger partial charge in [0.2, 0.25) is 5.91 Å². The average molecular weight is 456 g/mol. The second kappa shape index (κ2) is 9.97. The molecule has 2 aromatic rings. The number of ether oxygens (including phenoxy) is 2. The predicted octanol–water partition coefficient (Wildman–Crippen LogP) is 3.30. The van der Waals surface area contributed by atoms with Crippen molar-refractivity contribution in [2.24, 2.45) is 0 Å². The quantitative estimate of drug-likeness (QED) is 0.621. The van der Waals surface area contributed by atoms with Crippen LogP contribution in [0.5, 0.6) is 5.75 Å². The van der Waals surface area contributed by atoms with E-state index in [1.807, 2.05) is 0 Å². The number of carbonyl (C=O) groups is 3. The van der Waals surface area contributed by atoms with Crippen LogP contribution in [0.1, 0.15) is 11.1 Å². The molecule has 0 spiro atoms. The molecule has 0 unspecified atom stereocenters. The summed E-state index contributed by atoms with van der Waals surface area (Å²) in [4.78, 5) is 40.2. The lowest BCUT2D eigenvalue weighted by molar-refractivity contribution is -0.139. The molecule has 0 aromatic heterocycles. The fourth-order valence-corrected chi connectivity index (χ4v) is 4.13. The molecule has 2 aromatic carbocycles. The number of morpholine rings is 1. The third-order valence-corrected chi connectivity index (χ3v) is 5.91. The minimum Gasteiger partial charge on any atom is -0.489 e. The highest BCUT2D eigenvalue weighted by atomic mass is 32.2. The summed E-state index contributed by atoms with van der Waals surface area (Å²) >= 11 is 0.815. The van der Waals surface area contributed by atoms with E-state index in [0.29, 0.717) is 37.6 Å². The van der Waals surface area contributed by atoms with Crippen LogP contribution in [-0.2, 0) is 20.9 Å². The first-order valence-corrected chi connectivity index (χ1v) is 10.9. The topological polar surface area (TPSA) is 76.2 Å². The van der Waals surface area contributed by atoms with Crippen molar-refractivity contribution in [2.75, 3.05) is 32.8 Å². The number of amides is 3. The molecule has 0 atom stereocenters. The smallest absolute Gasteiger partial charge is 0.294 e. The molecule has 166 valence electrons. The van der Waals surface area contributed by atoms with Crippen LogP contribution in [0.25, 0.3) is 6.08 Å². The van der Waals surface area contributed by atoms with Crippen LogP contribution >= 0.6 is 11.8 Å². The number of benzene rings is 2. The van der Waals surface area contributed by atoms with E-state index >= 15 is 0 Å². The van der Waals surface area contributed by atoms with Crippen LogP contribution in [0.3, 0.4) is 0 Å². The van der Waals surface area contributed by atoms with E-state index in [0.717, 1.165) is 22.2 Å². The van der Waals surface area contributed by atoms with Crippen molar-refractivity contribution >= 4 is 34.9 Å². The number of thioether (sulfide) groups is 1. The molecule has 0 bridgehead atoms. The van der Waals surface area contributed by atoms with Crippen LogP contribution in [0.2, 0.25) is 0 Å². The molecule has 0 saturated carbocycles. The van der Waals surface area contributed by atoms with Crippen molar-refractivity contribution in [3.63, 3.8) is 0 Å². The summed E-state index contributed by atoms with van der Waals surface area (Å²) < 4.78 is 24.1. The van der Waals surface area contributed by atoms with Gasteiger partial charge in [-0.2, -0.15) is 0 Å². The summed E-state index contributed by atoms with van der Waals surface area (Å²) in [6.07, 6.45) is 1.61. The van der Waals surface area contributed by atoms with Gasteiger partial charge in [-0.1, -0.05) is 24.3 Å². The summed E-state index contributed by atoms with van der Waals surface area (Å²) in [7, 11) is 0. The van der Waals surface area contributed by atoms with Crippen LogP contribution in [0.4, 0.5) is 9.18 Å². The maximum atomic E-state index is 13.2. The summed E-state index contributed by atoms with van der Waals surface area (Å²) in [5, 5.41) is -0.460. The maximum absolute atomic E-state index is 13.2. The first-order valence-electron chi connectivity index (χ1n) is 10.1. The minimum atomic E-state index is -0.479. The number of halogens is 1. The Hall–Kier alpha value is -3.17. The number of imide groups is 1. The summed E-state index contributed by atoms with van der Waals surface area (Å²) in [5.74, 6) is -0.470. The second-order valence-corrected chi connectivity index (χ2v) is 8.24. The van der Waals surface area contributed by atoms with E-state index in [2.05, 4.69) is 0 Å². The highest BCUT2D eigenvalue weighted by molar-refractivity contribution is 8.18.